The lowest BCUT2D eigenvalue weighted by Gasteiger charge is -2.33. The molecule has 1 aromatic carbocycles. The van der Waals surface area contributed by atoms with Crippen LogP contribution in [0.3, 0.4) is 0 Å². The maximum Gasteiger partial charge on any atom is 0.501 e. The molecule has 1 saturated heterocycles. The quantitative estimate of drug-likeness (QED) is 0.748. The van der Waals surface area contributed by atoms with E-state index in [4.69, 9.17) is 0 Å². The number of para-hydroxylation sites is 1. The highest BCUT2D eigenvalue weighted by Gasteiger charge is 2.48. The Morgan fingerprint density at radius 2 is 1.90 bits per heavy atom. The van der Waals surface area contributed by atoms with Gasteiger partial charge in [0, 0.05) is 17.9 Å². The van der Waals surface area contributed by atoms with Crippen molar-refractivity contribution in [2.45, 2.75) is 28.1 Å². The van der Waals surface area contributed by atoms with Gasteiger partial charge in [0.25, 0.3) is 9.84 Å². The van der Waals surface area contributed by atoms with Crippen molar-refractivity contribution < 1.29 is 21.6 Å². The molecule has 112 valence electrons. The molecule has 3 nitrogen and oxygen atoms in total. The van der Waals surface area contributed by atoms with Crippen LogP contribution in [0.4, 0.5) is 18.9 Å². The lowest BCUT2D eigenvalue weighted by Crippen LogP contribution is -2.37. The third-order valence-corrected chi connectivity index (χ3v) is 5.45. The Bertz CT molecular complexity index is 589. The summed E-state index contributed by atoms with van der Waals surface area (Å²) in [5, 5.41) is 0. The van der Waals surface area contributed by atoms with Gasteiger partial charge in [-0.15, -0.1) is 0 Å². The predicted octanol–water partition coefficient (Wildman–Crippen LogP) is 3.34. The molecule has 0 radical (unpaired) electrons. The summed E-state index contributed by atoms with van der Waals surface area (Å²) in [6, 6.07) is 5.28. The van der Waals surface area contributed by atoms with E-state index in [9.17, 15) is 21.6 Å². The van der Waals surface area contributed by atoms with Crippen molar-refractivity contribution in [1.29, 1.82) is 0 Å². The summed E-state index contributed by atoms with van der Waals surface area (Å²) in [6.45, 7) is 1.04. The highest BCUT2D eigenvalue weighted by atomic mass is 79.9. The van der Waals surface area contributed by atoms with Gasteiger partial charge >= 0.3 is 5.51 Å². The van der Waals surface area contributed by atoms with Crippen molar-refractivity contribution in [2.24, 2.45) is 0 Å². The van der Waals surface area contributed by atoms with E-state index in [1.54, 1.807) is 11.0 Å². The fourth-order valence-electron chi connectivity index (χ4n) is 2.21. The maximum absolute atomic E-state index is 12.7. The molecule has 8 heteroatoms. The van der Waals surface area contributed by atoms with Gasteiger partial charge < -0.3 is 4.90 Å². The van der Waals surface area contributed by atoms with E-state index < -0.39 is 20.2 Å². The second-order valence-corrected chi connectivity index (χ2v) is 7.81. The van der Waals surface area contributed by atoms with Crippen LogP contribution in [0.15, 0.2) is 29.2 Å². The molecule has 1 aliphatic heterocycles. The van der Waals surface area contributed by atoms with E-state index >= 15 is 0 Å². The minimum atomic E-state index is -5.33. The molecule has 0 N–H and O–H groups in total. The molecule has 0 bridgehead atoms. The van der Waals surface area contributed by atoms with Crippen LogP contribution in [0.5, 0.6) is 0 Å². The van der Waals surface area contributed by atoms with Gasteiger partial charge in [-0.3, -0.25) is 0 Å². The van der Waals surface area contributed by atoms with Crippen LogP contribution < -0.4 is 4.90 Å². The van der Waals surface area contributed by atoms with Crippen LogP contribution >= 0.6 is 15.9 Å². The first-order valence-corrected chi connectivity index (χ1v) is 8.43. The first-order valence-electron chi connectivity index (χ1n) is 6.03. The fourth-order valence-corrected chi connectivity index (χ4v) is 3.87. The van der Waals surface area contributed by atoms with Crippen molar-refractivity contribution in [3.63, 3.8) is 0 Å². The lowest BCUT2D eigenvalue weighted by molar-refractivity contribution is -0.0435. The van der Waals surface area contributed by atoms with E-state index in [-0.39, 0.29) is 10.5 Å². The minimum Gasteiger partial charge on any atom is -0.369 e. The Morgan fingerprint density at radius 1 is 1.25 bits per heavy atom. The molecule has 0 saturated carbocycles. The van der Waals surface area contributed by atoms with Crippen molar-refractivity contribution in [1.82, 2.24) is 0 Å². The predicted molar refractivity (Wildman–Crippen MR) is 73.8 cm³/mol. The van der Waals surface area contributed by atoms with E-state index in [1.165, 1.54) is 12.1 Å². The molecule has 1 atom stereocenters. The Balaban J connectivity index is 2.46. The Labute approximate surface area is 123 Å². The molecular weight excluding hydrogens is 359 g/mol. The van der Waals surface area contributed by atoms with Crippen LogP contribution in [-0.4, -0.2) is 31.8 Å². The molecule has 1 aliphatic rings. The average Bonchev–Trinajstić information content (AvgIpc) is 2.37. The molecule has 1 heterocycles. The zero-order valence-electron chi connectivity index (χ0n) is 10.4. The Kier molecular flexibility index (Phi) is 4.34. The summed E-state index contributed by atoms with van der Waals surface area (Å²) in [5.41, 5.74) is -5.17. The lowest BCUT2D eigenvalue weighted by atomic mass is 10.1. The van der Waals surface area contributed by atoms with Gasteiger partial charge in [-0.05, 0) is 25.0 Å². The zero-order chi connectivity index (χ0) is 15.0. The van der Waals surface area contributed by atoms with Crippen LogP contribution in [-0.2, 0) is 9.84 Å². The molecule has 0 aromatic heterocycles. The molecular formula is C12H13BrF3NO2S. The molecule has 1 unspecified atom stereocenters. The van der Waals surface area contributed by atoms with E-state index in [1.807, 2.05) is 0 Å². The summed E-state index contributed by atoms with van der Waals surface area (Å²) in [7, 11) is -5.33. The molecule has 0 spiro atoms. The third-order valence-electron chi connectivity index (χ3n) is 3.16. The molecule has 2 rings (SSSR count). The molecule has 0 amide bonds. The third kappa shape index (κ3) is 2.95. The number of benzene rings is 1. The number of rotatable bonds is 2. The second-order valence-electron chi connectivity index (χ2n) is 4.60. The maximum atomic E-state index is 12.7. The Hall–Kier alpha value is -0.760. The van der Waals surface area contributed by atoms with E-state index in [0.29, 0.717) is 13.1 Å². The molecule has 20 heavy (non-hydrogen) atoms. The van der Waals surface area contributed by atoms with Gasteiger partial charge in [0.2, 0.25) is 0 Å². The van der Waals surface area contributed by atoms with Crippen LogP contribution in [0, 0.1) is 0 Å². The highest BCUT2D eigenvalue weighted by molar-refractivity contribution is 9.09. The topological polar surface area (TPSA) is 37.4 Å². The van der Waals surface area contributed by atoms with Crippen LogP contribution in [0.25, 0.3) is 0 Å². The summed E-state index contributed by atoms with van der Waals surface area (Å²) in [4.78, 5) is 1.16. The summed E-state index contributed by atoms with van der Waals surface area (Å²) < 4.78 is 61.5. The van der Waals surface area contributed by atoms with Crippen LogP contribution in [0.2, 0.25) is 0 Å². The van der Waals surface area contributed by atoms with Crippen LogP contribution in [0.1, 0.15) is 12.8 Å². The fraction of sp³-hybridized carbons (Fsp3) is 0.500. The number of hydrogen-bond acceptors (Lipinski definition) is 3. The minimum absolute atomic E-state index is 0.119. The number of halogens is 4. The van der Waals surface area contributed by atoms with E-state index in [2.05, 4.69) is 15.9 Å². The number of nitrogens with zero attached hydrogens (tertiary/aromatic N) is 1. The van der Waals surface area contributed by atoms with Gasteiger partial charge in [-0.1, -0.05) is 28.1 Å². The van der Waals surface area contributed by atoms with Gasteiger partial charge in [0.05, 0.1) is 10.6 Å². The molecule has 1 fully saturated rings. The van der Waals surface area contributed by atoms with Gasteiger partial charge in [0.15, 0.2) is 0 Å². The van der Waals surface area contributed by atoms with Crippen molar-refractivity contribution in [2.75, 3.05) is 18.0 Å². The number of piperidine rings is 1. The first kappa shape index (κ1) is 15.6. The van der Waals surface area contributed by atoms with Crippen molar-refractivity contribution in [3.8, 4) is 0 Å². The smallest absolute Gasteiger partial charge is 0.369 e. The largest absolute Gasteiger partial charge is 0.501 e. The number of anilines is 1. The highest BCUT2D eigenvalue weighted by Crippen LogP contribution is 2.36. The van der Waals surface area contributed by atoms with Gasteiger partial charge in [-0.2, -0.15) is 13.2 Å². The number of sulfone groups is 1. The van der Waals surface area contributed by atoms with Crippen molar-refractivity contribution in [3.05, 3.63) is 24.3 Å². The molecule has 1 aromatic rings. The SMILES string of the molecule is O=S(=O)(c1ccccc1N1CCCC(Br)C1)C(F)(F)F. The normalized spacial score (nSPS) is 21.0. The second kappa shape index (κ2) is 5.55. The monoisotopic (exact) mass is 371 g/mol. The summed E-state index contributed by atoms with van der Waals surface area (Å²) in [5.74, 6) is 0. The average molecular weight is 372 g/mol. The standard InChI is InChI=1S/C12H13BrF3NO2S/c13-9-4-3-7-17(8-9)10-5-1-2-6-11(10)20(18,19)12(14,15)16/h1-2,5-6,9H,3-4,7-8H2. The van der Waals surface area contributed by atoms with Crippen molar-refractivity contribution >= 4 is 31.5 Å². The zero-order valence-corrected chi connectivity index (χ0v) is 12.8. The van der Waals surface area contributed by atoms with Gasteiger partial charge in [-0.25, -0.2) is 8.42 Å². The Morgan fingerprint density at radius 3 is 2.50 bits per heavy atom. The molecule has 0 aliphatic carbocycles. The number of alkyl halides is 4. The summed E-state index contributed by atoms with van der Waals surface area (Å²) in [6.07, 6.45) is 1.72. The number of hydrogen-bond donors (Lipinski definition) is 0. The first-order chi connectivity index (χ1) is 9.23. The van der Waals surface area contributed by atoms with Gasteiger partial charge in [0.1, 0.15) is 0 Å². The summed E-state index contributed by atoms with van der Waals surface area (Å²) >= 11 is 3.43. The van der Waals surface area contributed by atoms with E-state index in [0.717, 1.165) is 18.9 Å².